The molecule has 3 heteroatoms. The first-order valence-electron chi connectivity index (χ1n) is 22.3. The summed E-state index contributed by atoms with van der Waals surface area (Å²) in [5.74, 6) is 0. The van der Waals surface area contributed by atoms with Crippen molar-refractivity contribution in [3.63, 3.8) is 0 Å². The van der Waals surface area contributed by atoms with Crippen LogP contribution < -0.4 is 25.6 Å². The van der Waals surface area contributed by atoms with Gasteiger partial charge >= 0.3 is 0 Å². The van der Waals surface area contributed by atoms with Gasteiger partial charge in [0.1, 0.15) is 0 Å². The number of para-hydroxylation sites is 1. The maximum absolute atomic E-state index is 2.74. The number of benzene rings is 9. The van der Waals surface area contributed by atoms with Gasteiger partial charge in [-0.3, -0.25) is 0 Å². The lowest BCUT2D eigenvalue weighted by Crippen LogP contribution is -2.70. The summed E-state index contributed by atoms with van der Waals surface area (Å²) >= 11 is 1.92. The molecule has 1 aromatic heterocycles. The lowest BCUT2D eigenvalue weighted by Gasteiger charge is -2.52. The second-order valence-corrected chi connectivity index (χ2v) is 23.6. The van der Waals surface area contributed by atoms with Crippen molar-refractivity contribution in [2.24, 2.45) is 0 Å². The van der Waals surface area contributed by atoms with Crippen molar-refractivity contribution in [1.82, 2.24) is 0 Å². The molecule has 4 aliphatic rings. The summed E-state index contributed by atoms with van der Waals surface area (Å²) < 4.78 is 2.65. The highest BCUT2D eigenvalue weighted by Gasteiger charge is 2.56. The molecule has 0 atom stereocenters. The lowest BCUT2D eigenvalue weighted by molar-refractivity contribution is 0.557. The first kappa shape index (κ1) is 35.8. The normalized spacial score (nSPS) is 16.0. The van der Waals surface area contributed by atoms with Crippen molar-refractivity contribution in [2.45, 2.75) is 38.5 Å². The van der Waals surface area contributed by atoms with Gasteiger partial charge in [0.25, 0.3) is 0 Å². The Labute approximate surface area is 373 Å². The van der Waals surface area contributed by atoms with Crippen LogP contribution in [0.1, 0.15) is 58.4 Å². The molecular formula is C60H43NSSi. The molecule has 0 N–H and O–H groups in total. The highest BCUT2D eigenvalue weighted by molar-refractivity contribution is 7.26. The summed E-state index contributed by atoms with van der Waals surface area (Å²) in [5, 5.41) is 8.68. The van der Waals surface area contributed by atoms with Gasteiger partial charge < -0.3 is 4.90 Å². The number of nitrogens with zero attached hydrogens (tertiary/aromatic N) is 1. The van der Waals surface area contributed by atoms with Crippen molar-refractivity contribution < 1.29 is 0 Å². The van der Waals surface area contributed by atoms with Crippen LogP contribution in [0.5, 0.6) is 0 Å². The van der Waals surface area contributed by atoms with Crippen LogP contribution >= 0.6 is 11.3 Å². The zero-order valence-electron chi connectivity index (χ0n) is 35.8. The van der Waals surface area contributed by atoms with E-state index in [1.807, 2.05) is 11.3 Å². The zero-order chi connectivity index (χ0) is 42.0. The SMILES string of the molecule is Cc1ccc2c(c1)[Si]1(c3ccccc3-c3ccc(N4c5ccccc5C5(c6cc7sc8ccccc8c7cc64)c4ccccc4C(C)(C)c4ccccc45)cc31)c1cc(C)ccc1-2. The third kappa shape index (κ3) is 4.28. The number of aryl methyl sites for hydroxylation is 2. The number of anilines is 3. The molecule has 298 valence electrons. The van der Waals surface area contributed by atoms with Gasteiger partial charge in [-0.15, -0.1) is 11.3 Å². The first-order chi connectivity index (χ1) is 30.8. The summed E-state index contributed by atoms with van der Waals surface area (Å²) in [6.07, 6.45) is 0. The smallest absolute Gasteiger partial charge is 0.182 e. The Morgan fingerprint density at radius 1 is 0.397 bits per heavy atom. The Morgan fingerprint density at radius 2 is 0.937 bits per heavy atom. The largest absolute Gasteiger partial charge is 0.310 e. The van der Waals surface area contributed by atoms with Crippen molar-refractivity contribution in [3.05, 3.63) is 233 Å². The summed E-state index contributed by atoms with van der Waals surface area (Å²) in [7, 11) is -2.74. The monoisotopic (exact) mass is 837 g/mol. The maximum atomic E-state index is 2.64. The van der Waals surface area contributed by atoms with E-state index in [-0.39, 0.29) is 5.41 Å². The van der Waals surface area contributed by atoms with E-state index in [9.17, 15) is 0 Å². The van der Waals surface area contributed by atoms with Crippen LogP contribution in [-0.4, -0.2) is 8.07 Å². The van der Waals surface area contributed by atoms with E-state index < -0.39 is 13.5 Å². The standard InChI is InChI=1S/C60H43NSSi/c1-36-25-28-41-42-29-26-37(2)32-57(42)63(56(41)31-36)55-24-14-6-16-40(55)43-30-27-38(33-58(43)63)61-51-22-12-11-21-49(51)60(50-35-54-44(34-52(50)61)39-15-5-13-23-53(39)62-54)47-19-9-7-17-45(47)59(3,4)46-18-8-10-20-48(46)60/h5-35H,1-4H3. The Morgan fingerprint density at radius 3 is 1.63 bits per heavy atom. The molecule has 0 fully saturated rings. The molecule has 1 nitrogen and oxygen atoms in total. The van der Waals surface area contributed by atoms with Crippen molar-refractivity contribution in [2.75, 3.05) is 4.90 Å². The quantitative estimate of drug-likeness (QED) is 0.149. The average molecular weight is 838 g/mol. The molecule has 9 aromatic carbocycles. The molecule has 0 saturated heterocycles. The lowest BCUT2D eigenvalue weighted by atomic mass is 9.53. The number of hydrogen-bond donors (Lipinski definition) is 0. The van der Waals surface area contributed by atoms with Crippen LogP contribution in [-0.2, 0) is 10.8 Å². The Kier molecular flexibility index (Phi) is 6.94. The van der Waals surface area contributed by atoms with Gasteiger partial charge in [-0.05, 0) is 127 Å². The fourth-order valence-corrected chi connectivity index (χ4v) is 19.9. The molecule has 2 spiro atoms. The summed E-state index contributed by atoms with van der Waals surface area (Å²) in [6, 6.07) is 73.5. The Hall–Kier alpha value is -6.78. The van der Waals surface area contributed by atoms with E-state index in [1.54, 1.807) is 0 Å². The number of hydrogen-bond acceptors (Lipinski definition) is 2. The van der Waals surface area contributed by atoms with Crippen LogP contribution in [0.2, 0.25) is 0 Å². The molecule has 3 aliphatic heterocycles. The molecule has 1 aliphatic carbocycles. The highest BCUT2D eigenvalue weighted by Crippen LogP contribution is 2.63. The summed E-state index contributed by atoms with van der Waals surface area (Å²) in [4.78, 5) is 2.64. The summed E-state index contributed by atoms with van der Waals surface area (Å²) in [6.45, 7) is 9.37. The molecule has 0 saturated carbocycles. The maximum Gasteiger partial charge on any atom is 0.182 e. The van der Waals surface area contributed by atoms with Crippen LogP contribution in [0.25, 0.3) is 42.4 Å². The van der Waals surface area contributed by atoms with Gasteiger partial charge in [-0.1, -0.05) is 177 Å². The van der Waals surface area contributed by atoms with Crippen LogP contribution in [0.15, 0.2) is 188 Å². The molecule has 0 amide bonds. The van der Waals surface area contributed by atoms with Gasteiger partial charge in [0, 0.05) is 31.3 Å². The van der Waals surface area contributed by atoms with E-state index in [0.29, 0.717) is 0 Å². The third-order valence-electron chi connectivity index (χ3n) is 15.4. The molecule has 14 rings (SSSR count). The minimum Gasteiger partial charge on any atom is -0.310 e. The molecule has 0 bridgehead atoms. The molecule has 0 unspecified atom stereocenters. The molecular weight excluding hydrogens is 795 g/mol. The third-order valence-corrected chi connectivity index (χ3v) is 21.5. The minimum atomic E-state index is -2.74. The molecule has 63 heavy (non-hydrogen) atoms. The molecule has 10 aromatic rings. The Balaban J connectivity index is 1.12. The fraction of sp³-hybridized carbons (Fsp3) is 0.100. The number of rotatable bonds is 1. The van der Waals surface area contributed by atoms with Crippen LogP contribution in [0.3, 0.4) is 0 Å². The second kappa shape index (κ2) is 12.2. The number of thiophene rings is 1. The van der Waals surface area contributed by atoms with E-state index in [4.69, 9.17) is 0 Å². The topological polar surface area (TPSA) is 3.24 Å². The predicted octanol–water partition coefficient (Wildman–Crippen LogP) is 12.8. The first-order valence-corrected chi connectivity index (χ1v) is 25.2. The van der Waals surface area contributed by atoms with E-state index in [1.165, 1.54) is 125 Å². The van der Waals surface area contributed by atoms with Crippen LogP contribution in [0, 0.1) is 13.8 Å². The zero-order valence-corrected chi connectivity index (χ0v) is 37.6. The average Bonchev–Trinajstić information content (AvgIpc) is 3.92. The van der Waals surface area contributed by atoms with Gasteiger partial charge in [0.05, 0.1) is 16.8 Å². The highest BCUT2D eigenvalue weighted by atomic mass is 32.1. The number of fused-ring (bicyclic) bond motifs is 21. The van der Waals surface area contributed by atoms with Crippen molar-refractivity contribution in [1.29, 1.82) is 0 Å². The van der Waals surface area contributed by atoms with E-state index in [2.05, 4.69) is 221 Å². The summed E-state index contributed by atoms with van der Waals surface area (Å²) in [5.41, 5.74) is 19.4. The van der Waals surface area contributed by atoms with E-state index in [0.717, 1.165) is 0 Å². The minimum absolute atomic E-state index is 0.176. The van der Waals surface area contributed by atoms with Crippen molar-refractivity contribution in [3.8, 4) is 22.3 Å². The molecule has 4 heterocycles. The van der Waals surface area contributed by atoms with Gasteiger partial charge in [-0.25, -0.2) is 0 Å². The van der Waals surface area contributed by atoms with Gasteiger partial charge in [-0.2, -0.15) is 0 Å². The Bertz CT molecular complexity index is 3560. The van der Waals surface area contributed by atoms with Crippen molar-refractivity contribution >= 4 is 77.4 Å². The predicted molar refractivity (Wildman–Crippen MR) is 269 cm³/mol. The fourth-order valence-electron chi connectivity index (χ4n) is 12.9. The second-order valence-electron chi connectivity index (χ2n) is 18.9. The van der Waals surface area contributed by atoms with E-state index >= 15 is 0 Å². The van der Waals surface area contributed by atoms with Crippen LogP contribution in [0.4, 0.5) is 17.1 Å². The molecule has 0 radical (unpaired) electrons. The van der Waals surface area contributed by atoms with Gasteiger partial charge in [0.2, 0.25) is 0 Å². The van der Waals surface area contributed by atoms with Gasteiger partial charge in [0.15, 0.2) is 8.07 Å².